The highest BCUT2D eigenvalue weighted by Crippen LogP contribution is 2.31. The minimum atomic E-state index is -4.73. The molecule has 1 aliphatic heterocycles. The molecule has 0 spiro atoms. The van der Waals surface area contributed by atoms with Gasteiger partial charge in [0, 0.05) is 17.7 Å². The quantitative estimate of drug-likeness (QED) is 0.849. The van der Waals surface area contributed by atoms with Gasteiger partial charge in [0.2, 0.25) is 5.91 Å². The van der Waals surface area contributed by atoms with E-state index in [9.17, 15) is 18.0 Å². The second kappa shape index (κ2) is 7.12. The number of nitrogens with zero attached hydrogens (tertiary/aromatic N) is 1. The third-order valence-corrected chi connectivity index (χ3v) is 4.73. The van der Waals surface area contributed by atoms with Crippen molar-refractivity contribution in [1.29, 1.82) is 0 Å². The number of fused-ring (bicyclic) bond motifs is 1. The zero-order chi connectivity index (χ0) is 15.7. The van der Waals surface area contributed by atoms with Crippen molar-refractivity contribution in [2.24, 2.45) is 0 Å². The van der Waals surface area contributed by atoms with Crippen LogP contribution in [0.5, 0.6) is 5.75 Å². The number of halogens is 4. The van der Waals surface area contributed by atoms with Gasteiger partial charge in [-0.05, 0) is 12.1 Å². The van der Waals surface area contributed by atoms with Crippen LogP contribution < -0.4 is 15.4 Å². The van der Waals surface area contributed by atoms with Crippen molar-refractivity contribution in [2.75, 3.05) is 16.9 Å². The normalized spacial score (nSPS) is 17.8. The molecular formula is C12H11ClF3N3O2S2. The van der Waals surface area contributed by atoms with Gasteiger partial charge in [0.1, 0.15) is 5.75 Å². The van der Waals surface area contributed by atoms with Crippen LogP contribution in [0.25, 0.3) is 10.2 Å². The second-order valence-corrected chi connectivity index (χ2v) is 6.52. The molecule has 2 heterocycles. The minimum Gasteiger partial charge on any atom is -0.406 e. The number of carbonyl (C=O) groups is 1. The lowest BCUT2D eigenvalue weighted by Crippen LogP contribution is -2.37. The molecule has 126 valence electrons. The highest BCUT2D eigenvalue weighted by molar-refractivity contribution is 7.99. The summed E-state index contributed by atoms with van der Waals surface area (Å²) in [4.78, 5) is 16.1. The van der Waals surface area contributed by atoms with Crippen LogP contribution in [0.15, 0.2) is 18.2 Å². The predicted molar refractivity (Wildman–Crippen MR) is 86.4 cm³/mol. The van der Waals surface area contributed by atoms with Crippen LogP contribution in [0.4, 0.5) is 18.3 Å². The summed E-state index contributed by atoms with van der Waals surface area (Å²) in [5.74, 6) is 0.891. The van der Waals surface area contributed by atoms with E-state index in [2.05, 4.69) is 20.4 Å². The number of alkyl halides is 3. The molecule has 3 rings (SSSR count). The Kier molecular flexibility index (Phi) is 5.61. The summed E-state index contributed by atoms with van der Waals surface area (Å²) in [7, 11) is 0. The van der Waals surface area contributed by atoms with Crippen molar-refractivity contribution >= 4 is 56.8 Å². The van der Waals surface area contributed by atoms with Crippen LogP contribution in [0.1, 0.15) is 0 Å². The first-order valence-electron chi connectivity index (χ1n) is 6.19. The first-order valence-corrected chi connectivity index (χ1v) is 8.16. The number of anilines is 1. The molecule has 0 radical (unpaired) electrons. The lowest BCUT2D eigenvalue weighted by molar-refractivity contribution is -0.274. The molecule has 2 N–H and O–H groups in total. The van der Waals surface area contributed by atoms with Gasteiger partial charge in [0.25, 0.3) is 0 Å². The van der Waals surface area contributed by atoms with E-state index >= 15 is 0 Å². The summed E-state index contributed by atoms with van der Waals surface area (Å²) >= 11 is 2.72. The standard InChI is InChI=1S/C12H10F3N3O2S2.ClH/c13-12(14,15)20-6-1-2-7-9(3-6)22-11(17-7)18-10(19)8-4-21-5-16-8;/h1-3,8,16H,4-5H2,(H,17,18,19);1H. The average molecular weight is 386 g/mol. The molecular weight excluding hydrogens is 375 g/mol. The molecule has 11 heteroatoms. The van der Waals surface area contributed by atoms with Crippen LogP contribution in [0.3, 0.4) is 0 Å². The van der Waals surface area contributed by atoms with E-state index in [4.69, 9.17) is 0 Å². The molecule has 5 nitrogen and oxygen atoms in total. The summed E-state index contributed by atoms with van der Waals surface area (Å²) < 4.78 is 40.9. The van der Waals surface area contributed by atoms with E-state index in [0.29, 0.717) is 21.1 Å². The van der Waals surface area contributed by atoms with Crippen molar-refractivity contribution in [3.63, 3.8) is 0 Å². The Bertz CT molecular complexity index is 704. The molecule has 1 aromatic carbocycles. The molecule has 1 unspecified atom stereocenters. The van der Waals surface area contributed by atoms with Crippen molar-refractivity contribution in [3.8, 4) is 5.75 Å². The zero-order valence-electron chi connectivity index (χ0n) is 11.3. The lowest BCUT2D eigenvalue weighted by atomic mass is 10.3. The molecule has 0 bridgehead atoms. The number of amides is 1. The molecule has 1 aliphatic rings. The average Bonchev–Trinajstić information content (AvgIpc) is 3.04. The Hall–Kier alpha value is -1.23. The van der Waals surface area contributed by atoms with E-state index in [0.717, 1.165) is 17.2 Å². The number of hydrogen-bond acceptors (Lipinski definition) is 6. The molecule has 2 aromatic rings. The maximum Gasteiger partial charge on any atom is 0.573 e. The first kappa shape index (κ1) is 18.1. The fourth-order valence-electron chi connectivity index (χ4n) is 1.91. The number of thioether (sulfide) groups is 1. The van der Waals surface area contributed by atoms with Gasteiger partial charge in [-0.15, -0.1) is 37.3 Å². The summed E-state index contributed by atoms with van der Waals surface area (Å²) in [5, 5.41) is 6.05. The van der Waals surface area contributed by atoms with E-state index < -0.39 is 6.36 Å². The number of rotatable bonds is 3. The van der Waals surface area contributed by atoms with E-state index in [-0.39, 0.29) is 30.1 Å². The molecule has 1 amide bonds. The molecule has 23 heavy (non-hydrogen) atoms. The van der Waals surface area contributed by atoms with Gasteiger partial charge < -0.3 is 10.1 Å². The number of nitrogens with one attached hydrogen (secondary N) is 2. The smallest absolute Gasteiger partial charge is 0.406 e. The maximum atomic E-state index is 12.2. The third kappa shape index (κ3) is 4.63. The highest BCUT2D eigenvalue weighted by atomic mass is 35.5. The summed E-state index contributed by atoms with van der Waals surface area (Å²) in [6.45, 7) is 0. The first-order chi connectivity index (χ1) is 10.4. The minimum absolute atomic E-state index is 0. The van der Waals surface area contributed by atoms with E-state index in [1.165, 1.54) is 18.2 Å². The van der Waals surface area contributed by atoms with E-state index in [1.54, 1.807) is 11.8 Å². The maximum absolute atomic E-state index is 12.2. The molecule has 1 fully saturated rings. The molecule has 0 saturated carbocycles. The van der Waals surface area contributed by atoms with Gasteiger partial charge in [0.15, 0.2) is 5.13 Å². The Balaban J connectivity index is 0.00000192. The van der Waals surface area contributed by atoms with Crippen LogP contribution in [-0.4, -0.2) is 34.9 Å². The monoisotopic (exact) mass is 385 g/mol. The van der Waals surface area contributed by atoms with Gasteiger partial charge in [-0.2, -0.15) is 0 Å². The molecule has 1 atom stereocenters. The van der Waals surface area contributed by atoms with Gasteiger partial charge in [0.05, 0.1) is 16.3 Å². The summed E-state index contributed by atoms with van der Waals surface area (Å²) in [6, 6.07) is 3.59. The van der Waals surface area contributed by atoms with Crippen molar-refractivity contribution in [3.05, 3.63) is 18.2 Å². The van der Waals surface area contributed by atoms with Crippen molar-refractivity contribution in [1.82, 2.24) is 10.3 Å². The fourth-order valence-corrected chi connectivity index (χ4v) is 3.75. The number of ether oxygens (including phenoxy) is 1. The molecule has 1 aromatic heterocycles. The fraction of sp³-hybridized carbons (Fsp3) is 0.333. The number of carbonyl (C=O) groups excluding carboxylic acids is 1. The Morgan fingerprint density at radius 3 is 2.87 bits per heavy atom. The summed E-state index contributed by atoms with van der Waals surface area (Å²) in [6.07, 6.45) is -4.73. The lowest BCUT2D eigenvalue weighted by Gasteiger charge is -2.07. The number of aromatic nitrogens is 1. The number of benzene rings is 1. The van der Waals surface area contributed by atoms with Gasteiger partial charge >= 0.3 is 6.36 Å². The second-order valence-electron chi connectivity index (χ2n) is 4.46. The van der Waals surface area contributed by atoms with Crippen LogP contribution in [-0.2, 0) is 4.79 Å². The highest BCUT2D eigenvalue weighted by Gasteiger charge is 2.31. The molecule has 1 saturated heterocycles. The number of thiazole rings is 1. The largest absolute Gasteiger partial charge is 0.573 e. The van der Waals surface area contributed by atoms with Crippen LogP contribution in [0, 0.1) is 0 Å². The van der Waals surface area contributed by atoms with E-state index in [1.807, 2.05) is 0 Å². The van der Waals surface area contributed by atoms with Gasteiger partial charge in [-0.1, -0.05) is 11.3 Å². The number of hydrogen-bond donors (Lipinski definition) is 2. The Morgan fingerprint density at radius 2 is 2.22 bits per heavy atom. The van der Waals surface area contributed by atoms with Crippen molar-refractivity contribution in [2.45, 2.75) is 12.4 Å². The predicted octanol–water partition coefficient (Wildman–Crippen LogP) is 3.22. The summed E-state index contributed by atoms with van der Waals surface area (Å²) in [5.41, 5.74) is 0.503. The Labute approximate surface area is 143 Å². The molecule has 0 aliphatic carbocycles. The zero-order valence-corrected chi connectivity index (χ0v) is 13.8. The van der Waals surface area contributed by atoms with Crippen molar-refractivity contribution < 1.29 is 22.7 Å². The Morgan fingerprint density at radius 1 is 1.43 bits per heavy atom. The van der Waals surface area contributed by atoms with Gasteiger partial charge in [-0.3, -0.25) is 10.1 Å². The third-order valence-electron chi connectivity index (χ3n) is 2.86. The van der Waals surface area contributed by atoms with Crippen LogP contribution in [0.2, 0.25) is 0 Å². The SMILES string of the molecule is Cl.O=C(Nc1nc2ccc(OC(F)(F)F)cc2s1)C1CSCN1. The van der Waals surface area contributed by atoms with Gasteiger partial charge in [-0.25, -0.2) is 4.98 Å². The topological polar surface area (TPSA) is 63.2 Å². The van der Waals surface area contributed by atoms with Crippen LogP contribution >= 0.6 is 35.5 Å².